The molecule has 0 spiro atoms. The third kappa shape index (κ3) is 5.26. The van der Waals surface area contributed by atoms with Gasteiger partial charge in [0.25, 0.3) is 0 Å². The number of rotatable bonds is 6. The molecule has 0 bridgehead atoms. The number of amides is 1. The predicted octanol–water partition coefficient (Wildman–Crippen LogP) is 2.86. The molecule has 1 fully saturated rings. The first-order valence-electron chi connectivity index (χ1n) is 9.54. The van der Waals surface area contributed by atoms with Crippen LogP contribution in [0.15, 0.2) is 54.6 Å². The smallest absolute Gasteiger partial charge is 0.410 e. The van der Waals surface area contributed by atoms with E-state index in [-0.39, 0.29) is 18.7 Å². The van der Waals surface area contributed by atoms with Gasteiger partial charge in [-0.05, 0) is 23.3 Å². The Morgan fingerprint density at radius 2 is 1.59 bits per heavy atom. The number of hydrogen-bond donors (Lipinski definition) is 0. The van der Waals surface area contributed by atoms with E-state index in [2.05, 4.69) is 0 Å². The Bertz CT molecular complexity index is 802. The van der Waals surface area contributed by atoms with Crippen LogP contribution in [0.4, 0.5) is 4.79 Å². The third-order valence-electron chi connectivity index (χ3n) is 5.00. The average Bonchev–Trinajstić information content (AvgIpc) is 2.79. The zero-order chi connectivity index (χ0) is 20.6. The van der Waals surface area contributed by atoms with Crippen molar-refractivity contribution in [3.63, 3.8) is 0 Å². The lowest BCUT2D eigenvalue weighted by atomic mass is 10.0. The molecule has 0 aromatic heterocycles. The molecule has 154 valence electrons. The lowest BCUT2D eigenvalue weighted by molar-refractivity contribution is -0.148. The van der Waals surface area contributed by atoms with Crippen LogP contribution in [0.2, 0.25) is 0 Å². The van der Waals surface area contributed by atoms with Crippen molar-refractivity contribution in [2.24, 2.45) is 0 Å². The Kier molecular flexibility index (Phi) is 7.08. The van der Waals surface area contributed by atoms with Crippen molar-refractivity contribution in [1.29, 1.82) is 0 Å². The Hall–Kier alpha value is -3.06. The number of ether oxygens (including phenoxy) is 3. The number of methoxy groups -OCH3 is 2. The molecule has 0 radical (unpaired) electrons. The summed E-state index contributed by atoms with van der Waals surface area (Å²) < 4.78 is 15.6. The zero-order valence-corrected chi connectivity index (χ0v) is 16.7. The van der Waals surface area contributed by atoms with Gasteiger partial charge in [-0.15, -0.1) is 0 Å². The lowest BCUT2D eigenvalue weighted by Crippen LogP contribution is -2.51. The van der Waals surface area contributed by atoms with Crippen molar-refractivity contribution in [2.45, 2.75) is 12.6 Å². The summed E-state index contributed by atoms with van der Waals surface area (Å²) in [4.78, 5) is 28.5. The van der Waals surface area contributed by atoms with E-state index >= 15 is 0 Å². The molecule has 7 nitrogen and oxygen atoms in total. The lowest BCUT2D eigenvalue weighted by Gasteiger charge is -2.37. The zero-order valence-electron chi connectivity index (χ0n) is 16.7. The van der Waals surface area contributed by atoms with Gasteiger partial charge in [0.05, 0.1) is 14.2 Å². The molecule has 2 aromatic carbocycles. The summed E-state index contributed by atoms with van der Waals surface area (Å²) in [6.07, 6.45) is -0.340. The van der Waals surface area contributed by atoms with E-state index in [9.17, 15) is 9.59 Å². The van der Waals surface area contributed by atoms with Crippen LogP contribution in [0.5, 0.6) is 5.75 Å². The van der Waals surface area contributed by atoms with Gasteiger partial charge in [0, 0.05) is 26.2 Å². The molecular weight excluding hydrogens is 372 g/mol. The Labute approximate surface area is 170 Å². The van der Waals surface area contributed by atoms with Gasteiger partial charge in [0.1, 0.15) is 18.4 Å². The molecule has 1 saturated heterocycles. The van der Waals surface area contributed by atoms with Crippen LogP contribution >= 0.6 is 0 Å². The summed E-state index contributed by atoms with van der Waals surface area (Å²) in [6, 6.07) is 16.4. The number of carbonyl (C=O) groups is 2. The fraction of sp³-hybridized carbons (Fsp3) is 0.364. The van der Waals surface area contributed by atoms with Crippen LogP contribution in [-0.2, 0) is 20.9 Å². The fourth-order valence-corrected chi connectivity index (χ4v) is 3.37. The fourth-order valence-electron chi connectivity index (χ4n) is 3.37. The van der Waals surface area contributed by atoms with Crippen LogP contribution in [-0.4, -0.2) is 62.3 Å². The van der Waals surface area contributed by atoms with E-state index in [4.69, 9.17) is 14.2 Å². The highest BCUT2D eigenvalue weighted by molar-refractivity contribution is 5.77. The van der Waals surface area contributed by atoms with Gasteiger partial charge in [-0.2, -0.15) is 0 Å². The highest BCUT2D eigenvalue weighted by Gasteiger charge is 2.32. The average molecular weight is 398 g/mol. The van der Waals surface area contributed by atoms with Crippen molar-refractivity contribution in [1.82, 2.24) is 9.80 Å². The number of hydrogen-bond acceptors (Lipinski definition) is 6. The standard InChI is InChI=1S/C22H26N2O5/c1-27-19-10-8-18(9-11-19)20(21(25)28-2)23-12-14-24(15-13-23)22(26)29-16-17-6-4-3-5-7-17/h3-11,20H,12-16H2,1-2H3. The molecule has 29 heavy (non-hydrogen) atoms. The predicted molar refractivity (Wildman–Crippen MR) is 108 cm³/mol. The molecule has 1 unspecified atom stereocenters. The van der Waals surface area contributed by atoms with Gasteiger partial charge in [-0.25, -0.2) is 9.59 Å². The van der Waals surface area contributed by atoms with Crippen molar-refractivity contribution >= 4 is 12.1 Å². The van der Waals surface area contributed by atoms with E-state index in [0.717, 1.165) is 16.9 Å². The molecule has 7 heteroatoms. The molecular formula is C22H26N2O5. The van der Waals surface area contributed by atoms with Crippen molar-refractivity contribution < 1.29 is 23.8 Å². The maximum atomic E-state index is 12.4. The van der Waals surface area contributed by atoms with Crippen molar-refractivity contribution in [2.75, 3.05) is 40.4 Å². The van der Waals surface area contributed by atoms with Gasteiger partial charge in [-0.1, -0.05) is 42.5 Å². The second kappa shape index (κ2) is 9.93. The SMILES string of the molecule is COC(=O)C(c1ccc(OC)cc1)N1CCN(C(=O)OCc2ccccc2)CC1. The quantitative estimate of drug-likeness (QED) is 0.697. The second-order valence-electron chi connectivity index (χ2n) is 6.76. The molecule has 0 N–H and O–H groups in total. The topological polar surface area (TPSA) is 68.3 Å². The Morgan fingerprint density at radius 1 is 0.931 bits per heavy atom. The van der Waals surface area contributed by atoms with Gasteiger partial charge < -0.3 is 19.1 Å². The summed E-state index contributed by atoms with van der Waals surface area (Å²) in [5.74, 6) is 0.401. The molecule has 1 heterocycles. The maximum Gasteiger partial charge on any atom is 0.410 e. The molecule has 1 amide bonds. The van der Waals surface area contributed by atoms with Crippen LogP contribution in [0.25, 0.3) is 0 Å². The Balaban J connectivity index is 1.59. The minimum absolute atomic E-state index is 0.247. The van der Waals surface area contributed by atoms with Crippen LogP contribution in [0, 0.1) is 0 Å². The summed E-state index contributed by atoms with van der Waals surface area (Å²) >= 11 is 0. The highest BCUT2D eigenvalue weighted by Crippen LogP contribution is 2.26. The summed E-state index contributed by atoms with van der Waals surface area (Å²) in [7, 11) is 2.99. The van der Waals surface area contributed by atoms with Gasteiger partial charge in [0.2, 0.25) is 0 Å². The molecule has 3 rings (SSSR count). The van der Waals surface area contributed by atoms with Gasteiger partial charge in [-0.3, -0.25) is 4.90 Å². The van der Waals surface area contributed by atoms with E-state index in [0.29, 0.717) is 26.2 Å². The van der Waals surface area contributed by atoms with E-state index in [1.54, 1.807) is 12.0 Å². The molecule has 0 saturated carbocycles. The van der Waals surface area contributed by atoms with E-state index in [1.165, 1.54) is 7.11 Å². The summed E-state index contributed by atoms with van der Waals surface area (Å²) in [5.41, 5.74) is 1.78. The number of carbonyl (C=O) groups excluding carboxylic acids is 2. The van der Waals surface area contributed by atoms with Crippen LogP contribution in [0.1, 0.15) is 17.2 Å². The maximum absolute atomic E-state index is 12.4. The summed E-state index contributed by atoms with van der Waals surface area (Å²) in [5, 5.41) is 0. The minimum Gasteiger partial charge on any atom is -0.497 e. The third-order valence-corrected chi connectivity index (χ3v) is 5.00. The molecule has 1 aliphatic heterocycles. The molecule has 0 aliphatic carbocycles. The molecule has 2 aromatic rings. The van der Waals surface area contributed by atoms with Crippen molar-refractivity contribution in [3.05, 3.63) is 65.7 Å². The first-order valence-corrected chi connectivity index (χ1v) is 9.54. The highest BCUT2D eigenvalue weighted by atomic mass is 16.6. The first-order chi connectivity index (χ1) is 14.1. The molecule has 1 aliphatic rings. The first kappa shape index (κ1) is 20.7. The largest absolute Gasteiger partial charge is 0.497 e. The summed E-state index contributed by atoms with van der Waals surface area (Å²) in [6.45, 7) is 2.31. The van der Waals surface area contributed by atoms with Gasteiger partial charge >= 0.3 is 12.1 Å². The second-order valence-corrected chi connectivity index (χ2v) is 6.76. The normalized spacial score (nSPS) is 15.4. The Morgan fingerprint density at radius 3 is 2.17 bits per heavy atom. The number of esters is 1. The van der Waals surface area contributed by atoms with E-state index in [1.807, 2.05) is 59.5 Å². The number of piperazine rings is 1. The minimum atomic E-state index is -0.520. The van der Waals surface area contributed by atoms with Gasteiger partial charge in [0.15, 0.2) is 0 Å². The van der Waals surface area contributed by atoms with Crippen LogP contribution in [0.3, 0.4) is 0 Å². The number of benzene rings is 2. The van der Waals surface area contributed by atoms with Crippen molar-refractivity contribution in [3.8, 4) is 5.75 Å². The monoisotopic (exact) mass is 398 g/mol. The molecule has 1 atom stereocenters. The number of nitrogens with zero attached hydrogens (tertiary/aromatic N) is 2. The van der Waals surface area contributed by atoms with Crippen LogP contribution < -0.4 is 4.74 Å². The van der Waals surface area contributed by atoms with E-state index < -0.39 is 6.04 Å².